The molecular weight excluding hydrogens is 164 g/mol. The largest absolute Gasteiger partial charge is 0.381 e. The second-order valence-electron chi connectivity index (χ2n) is 3.77. The summed E-state index contributed by atoms with van der Waals surface area (Å²) < 4.78 is 5.07. The van der Waals surface area contributed by atoms with E-state index in [1.54, 1.807) is 0 Å². The van der Waals surface area contributed by atoms with Crippen LogP contribution in [0.25, 0.3) is 0 Å². The van der Waals surface area contributed by atoms with Gasteiger partial charge in [0.1, 0.15) is 5.78 Å². The van der Waals surface area contributed by atoms with E-state index in [2.05, 4.69) is 0 Å². The molecule has 1 saturated heterocycles. The Balaban J connectivity index is 0.000000132. The zero-order valence-electron chi connectivity index (χ0n) is 8.39. The van der Waals surface area contributed by atoms with Gasteiger partial charge < -0.3 is 4.74 Å². The smallest absolute Gasteiger partial charge is 0.132 e. The molecule has 0 aromatic carbocycles. The molecule has 0 radical (unpaired) electrons. The molecule has 1 aliphatic heterocycles. The van der Waals surface area contributed by atoms with E-state index in [-0.39, 0.29) is 0 Å². The Bertz CT molecular complexity index is 120. The van der Waals surface area contributed by atoms with Crippen LogP contribution in [0.2, 0.25) is 0 Å². The third-order valence-electron chi connectivity index (χ3n) is 2.49. The minimum atomic E-state index is 0.464. The quantitative estimate of drug-likeness (QED) is 0.578. The van der Waals surface area contributed by atoms with Crippen LogP contribution >= 0.6 is 0 Å². The lowest BCUT2D eigenvalue weighted by molar-refractivity contribution is -0.120. The molecule has 2 fully saturated rings. The summed E-state index contributed by atoms with van der Waals surface area (Å²) in [6.07, 6.45) is 9.17. The van der Waals surface area contributed by atoms with Gasteiger partial charge in [0.2, 0.25) is 0 Å². The van der Waals surface area contributed by atoms with Crippen LogP contribution < -0.4 is 0 Å². The van der Waals surface area contributed by atoms with Gasteiger partial charge in [0.15, 0.2) is 0 Å². The van der Waals surface area contributed by atoms with Crippen LogP contribution in [-0.2, 0) is 9.53 Å². The lowest BCUT2D eigenvalue weighted by Crippen LogP contribution is -2.03. The third-order valence-corrected chi connectivity index (χ3v) is 2.49. The van der Waals surface area contributed by atoms with E-state index >= 15 is 0 Å². The number of rotatable bonds is 0. The molecule has 76 valence electrons. The molecule has 0 aromatic rings. The number of hydrogen-bond donors (Lipinski definition) is 0. The summed E-state index contributed by atoms with van der Waals surface area (Å²) in [5.74, 6) is 0.464. The monoisotopic (exact) mass is 184 g/mol. The number of ketones is 1. The highest BCUT2D eigenvalue weighted by molar-refractivity contribution is 5.78. The minimum absolute atomic E-state index is 0.464. The SMILES string of the molecule is C1CCOCC1.O=C1CCCCC1. The number of ether oxygens (including phenoxy) is 1. The Morgan fingerprint density at radius 1 is 0.769 bits per heavy atom. The van der Waals surface area contributed by atoms with Crippen LogP contribution in [0.4, 0.5) is 0 Å². The van der Waals surface area contributed by atoms with Crippen molar-refractivity contribution in [3.05, 3.63) is 0 Å². The summed E-state index contributed by atoms with van der Waals surface area (Å²) >= 11 is 0. The second-order valence-corrected chi connectivity index (χ2v) is 3.77. The van der Waals surface area contributed by atoms with Crippen LogP contribution in [0.3, 0.4) is 0 Å². The summed E-state index contributed by atoms with van der Waals surface area (Å²) in [6, 6.07) is 0. The van der Waals surface area contributed by atoms with Crippen LogP contribution in [0.1, 0.15) is 51.4 Å². The summed E-state index contributed by atoms with van der Waals surface area (Å²) in [7, 11) is 0. The zero-order chi connectivity index (χ0) is 9.36. The highest BCUT2D eigenvalue weighted by Crippen LogP contribution is 2.12. The Labute approximate surface area is 80.7 Å². The van der Waals surface area contributed by atoms with E-state index in [0.29, 0.717) is 5.78 Å². The Morgan fingerprint density at radius 3 is 1.54 bits per heavy atom. The minimum Gasteiger partial charge on any atom is -0.381 e. The molecule has 0 spiro atoms. The molecule has 2 heteroatoms. The van der Waals surface area contributed by atoms with Crippen LogP contribution in [0.15, 0.2) is 0 Å². The van der Waals surface area contributed by atoms with Gasteiger partial charge in [0, 0.05) is 26.1 Å². The maximum absolute atomic E-state index is 10.5. The molecule has 2 rings (SSSR count). The molecule has 0 N–H and O–H groups in total. The molecule has 1 heterocycles. The highest BCUT2D eigenvalue weighted by Gasteiger charge is 2.05. The fraction of sp³-hybridized carbons (Fsp3) is 0.909. The van der Waals surface area contributed by atoms with Crippen LogP contribution in [-0.4, -0.2) is 19.0 Å². The van der Waals surface area contributed by atoms with E-state index in [4.69, 9.17) is 4.74 Å². The van der Waals surface area contributed by atoms with Crippen molar-refractivity contribution in [1.82, 2.24) is 0 Å². The summed E-state index contributed by atoms with van der Waals surface area (Å²) in [5.41, 5.74) is 0. The predicted molar refractivity (Wildman–Crippen MR) is 52.8 cm³/mol. The van der Waals surface area contributed by atoms with E-state index in [9.17, 15) is 4.79 Å². The molecule has 0 amide bonds. The van der Waals surface area contributed by atoms with Crippen molar-refractivity contribution in [2.75, 3.05) is 13.2 Å². The standard InChI is InChI=1S/C6H10O.C5H10O/c7-6-4-2-1-3-5-6;1-2-4-6-5-3-1/h1-5H2;1-5H2. The van der Waals surface area contributed by atoms with Gasteiger partial charge in [-0.25, -0.2) is 0 Å². The van der Waals surface area contributed by atoms with Gasteiger partial charge in [-0.2, -0.15) is 0 Å². The number of hydrogen-bond acceptors (Lipinski definition) is 2. The molecule has 0 unspecified atom stereocenters. The fourth-order valence-corrected chi connectivity index (χ4v) is 1.63. The van der Waals surface area contributed by atoms with Crippen molar-refractivity contribution in [2.24, 2.45) is 0 Å². The van der Waals surface area contributed by atoms with Gasteiger partial charge in [-0.05, 0) is 32.1 Å². The lowest BCUT2D eigenvalue weighted by Gasteiger charge is -2.08. The van der Waals surface area contributed by atoms with E-state index < -0.39 is 0 Å². The third kappa shape index (κ3) is 5.81. The Kier molecular flexibility index (Phi) is 5.83. The van der Waals surface area contributed by atoms with E-state index in [0.717, 1.165) is 38.9 Å². The van der Waals surface area contributed by atoms with Crippen LogP contribution in [0.5, 0.6) is 0 Å². The maximum atomic E-state index is 10.5. The van der Waals surface area contributed by atoms with Crippen molar-refractivity contribution in [1.29, 1.82) is 0 Å². The van der Waals surface area contributed by atoms with Gasteiger partial charge in [0.05, 0.1) is 0 Å². The van der Waals surface area contributed by atoms with Gasteiger partial charge in [0.25, 0.3) is 0 Å². The normalized spacial score (nSPS) is 23.2. The zero-order valence-corrected chi connectivity index (χ0v) is 8.39. The summed E-state index contributed by atoms with van der Waals surface area (Å²) in [4.78, 5) is 10.5. The first kappa shape index (κ1) is 10.7. The maximum Gasteiger partial charge on any atom is 0.132 e. The number of carbonyl (C=O) groups excluding carboxylic acids is 1. The van der Waals surface area contributed by atoms with Gasteiger partial charge in [-0.15, -0.1) is 0 Å². The first-order valence-corrected chi connectivity index (χ1v) is 5.49. The lowest BCUT2D eigenvalue weighted by atomic mass is 10.00. The Hall–Kier alpha value is -0.370. The van der Waals surface area contributed by atoms with E-state index in [1.165, 1.54) is 25.7 Å². The molecule has 2 nitrogen and oxygen atoms in total. The summed E-state index contributed by atoms with van der Waals surface area (Å²) in [5, 5.41) is 0. The predicted octanol–water partition coefficient (Wildman–Crippen LogP) is 2.71. The average molecular weight is 184 g/mol. The van der Waals surface area contributed by atoms with Crippen molar-refractivity contribution in [2.45, 2.75) is 51.4 Å². The first-order valence-electron chi connectivity index (χ1n) is 5.49. The molecule has 0 aromatic heterocycles. The van der Waals surface area contributed by atoms with Crippen molar-refractivity contribution in [3.8, 4) is 0 Å². The van der Waals surface area contributed by atoms with Crippen LogP contribution in [0, 0.1) is 0 Å². The van der Waals surface area contributed by atoms with Gasteiger partial charge >= 0.3 is 0 Å². The second kappa shape index (κ2) is 7.07. The van der Waals surface area contributed by atoms with Crippen molar-refractivity contribution < 1.29 is 9.53 Å². The van der Waals surface area contributed by atoms with Crippen molar-refractivity contribution in [3.63, 3.8) is 0 Å². The molecule has 1 aliphatic carbocycles. The molecule has 1 saturated carbocycles. The first-order chi connectivity index (χ1) is 6.39. The fourth-order valence-electron chi connectivity index (χ4n) is 1.63. The summed E-state index contributed by atoms with van der Waals surface area (Å²) in [6.45, 7) is 2.00. The number of Topliss-reactive ketones (excluding diaryl/α,β-unsaturated/α-hetero) is 1. The molecule has 2 aliphatic rings. The molecular formula is C11H20O2. The molecule has 0 bridgehead atoms. The highest BCUT2D eigenvalue weighted by atomic mass is 16.5. The molecule has 0 atom stereocenters. The Morgan fingerprint density at radius 2 is 1.31 bits per heavy atom. The number of carbonyl (C=O) groups is 1. The van der Waals surface area contributed by atoms with Gasteiger partial charge in [-0.1, -0.05) is 6.42 Å². The van der Waals surface area contributed by atoms with Gasteiger partial charge in [-0.3, -0.25) is 4.79 Å². The average Bonchev–Trinajstić information content (AvgIpc) is 2.22. The van der Waals surface area contributed by atoms with E-state index in [1.807, 2.05) is 0 Å². The topological polar surface area (TPSA) is 26.3 Å². The van der Waals surface area contributed by atoms with Crippen molar-refractivity contribution >= 4 is 5.78 Å². The molecule has 13 heavy (non-hydrogen) atoms.